The number of nitrogens with zero attached hydrogens (tertiary/aromatic N) is 1. The molecule has 0 fully saturated rings. The van der Waals surface area contributed by atoms with Crippen LogP contribution in [0.3, 0.4) is 0 Å². The van der Waals surface area contributed by atoms with Crippen molar-refractivity contribution in [1.29, 1.82) is 0 Å². The number of fused-ring (bicyclic) bond motifs is 1. The van der Waals surface area contributed by atoms with Gasteiger partial charge in [-0.25, -0.2) is 4.79 Å². The highest BCUT2D eigenvalue weighted by Gasteiger charge is 2.13. The van der Waals surface area contributed by atoms with E-state index in [1.807, 2.05) is 6.92 Å². The van der Waals surface area contributed by atoms with E-state index in [0.29, 0.717) is 29.8 Å². The molecule has 6 heteroatoms. The number of anilines is 1. The predicted octanol–water partition coefficient (Wildman–Crippen LogP) is 1.05. The molecule has 2 rings (SSSR count). The lowest BCUT2D eigenvalue weighted by molar-refractivity contribution is -0.119. The lowest BCUT2D eigenvalue weighted by Gasteiger charge is -2.11. The quantitative estimate of drug-likeness (QED) is 0.862. The number of aryl methyl sites for hydroxylation is 1. The Bertz CT molecular complexity index is 657. The van der Waals surface area contributed by atoms with Crippen LogP contribution in [0.5, 0.6) is 0 Å². The molecule has 0 aliphatic heterocycles. The van der Waals surface area contributed by atoms with E-state index in [1.54, 1.807) is 25.2 Å². The van der Waals surface area contributed by atoms with Crippen LogP contribution in [0.2, 0.25) is 0 Å². The van der Waals surface area contributed by atoms with E-state index in [9.17, 15) is 9.59 Å². The summed E-state index contributed by atoms with van der Waals surface area (Å²) >= 11 is 0. The van der Waals surface area contributed by atoms with E-state index in [4.69, 9.17) is 10.2 Å². The molecule has 102 valence electrons. The molecule has 0 aliphatic rings. The van der Waals surface area contributed by atoms with Crippen LogP contribution >= 0.6 is 0 Å². The minimum absolute atomic E-state index is 0.0849. The summed E-state index contributed by atoms with van der Waals surface area (Å²) in [7, 11) is 1.62. The van der Waals surface area contributed by atoms with Gasteiger partial charge in [-0.15, -0.1) is 0 Å². The van der Waals surface area contributed by atoms with Crippen LogP contribution in [0.1, 0.15) is 13.3 Å². The first kappa shape index (κ1) is 13.4. The third kappa shape index (κ3) is 2.68. The molecule has 19 heavy (non-hydrogen) atoms. The van der Waals surface area contributed by atoms with Gasteiger partial charge in [0.15, 0.2) is 5.58 Å². The molecular weight excluding hydrogens is 246 g/mol. The zero-order valence-electron chi connectivity index (χ0n) is 11.0. The normalized spacial score (nSPS) is 12.6. The van der Waals surface area contributed by atoms with Gasteiger partial charge in [-0.3, -0.25) is 9.36 Å². The second-order valence-corrected chi connectivity index (χ2v) is 4.58. The second-order valence-electron chi connectivity index (χ2n) is 4.58. The molecule has 1 unspecified atom stereocenters. The monoisotopic (exact) mass is 263 g/mol. The summed E-state index contributed by atoms with van der Waals surface area (Å²) in [4.78, 5) is 23.2. The van der Waals surface area contributed by atoms with E-state index in [0.717, 1.165) is 0 Å². The van der Waals surface area contributed by atoms with E-state index in [1.165, 1.54) is 4.57 Å². The highest BCUT2D eigenvalue weighted by Crippen LogP contribution is 2.18. The number of benzene rings is 1. The average molecular weight is 263 g/mol. The number of hydrogen-bond donors (Lipinski definition) is 2. The number of rotatable bonds is 4. The molecule has 1 amide bonds. The summed E-state index contributed by atoms with van der Waals surface area (Å²) in [6.45, 7) is 2.30. The SMILES string of the molecule is CC(CCN)C(=O)Nc1ccc2oc(=O)n(C)c2c1. The Morgan fingerprint density at radius 3 is 2.95 bits per heavy atom. The molecule has 1 heterocycles. The Hall–Kier alpha value is -2.08. The summed E-state index contributed by atoms with van der Waals surface area (Å²) < 4.78 is 6.42. The fourth-order valence-corrected chi connectivity index (χ4v) is 1.85. The van der Waals surface area contributed by atoms with E-state index in [2.05, 4.69) is 5.32 Å². The lowest BCUT2D eigenvalue weighted by atomic mass is 10.1. The molecule has 0 bridgehead atoms. The Morgan fingerprint density at radius 1 is 1.53 bits per heavy atom. The fraction of sp³-hybridized carbons (Fsp3) is 0.385. The van der Waals surface area contributed by atoms with Crippen molar-refractivity contribution < 1.29 is 9.21 Å². The zero-order chi connectivity index (χ0) is 14.0. The lowest BCUT2D eigenvalue weighted by Crippen LogP contribution is -2.22. The van der Waals surface area contributed by atoms with E-state index >= 15 is 0 Å². The van der Waals surface area contributed by atoms with Gasteiger partial charge >= 0.3 is 5.76 Å². The molecule has 2 aromatic rings. The third-order valence-electron chi connectivity index (χ3n) is 3.11. The molecule has 0 saturated heterocycles. The summed E-state index contributed by atoms with van der Waals surface area (Å²) in [5, 5.41) is 2.80. The van der Waals surface area contributed by atoms with Crippen molar-refractivity contribution in [3.63, 3.8) is 0 Å². The van der Waals surface area contributed by atoms with Crippen LogP contribution in [-0.4, -0.2) is 17.0 Å². The average Bonchev–Trinajstić information content (AvgIpc) is 2.66. The van der Waals surface area contributed by atoms with Crippen LogP contribution in [0.15, 0.2) is 27.4 Å². The van der Waals surface area contributed by atoms with Gasteiger partial charge in [0.05, 0.1) is 5.52 Å². The van der Waals surface area contributed by atoms with Gasteiger partial charge in [0.25, 0.3) is 0 Å². The largest absolute Gasteiger partial charge is 0.419 e. The van der Waals surface area contributed by atoms with E-state index < -0.39 is 5.76 Å². The van der Waals surface area contributed by atoms with Crippen molar-refractivity contribution in [2.24, 2.45) is 18.7 Å². The smallest absolute Gasteiger partial charge is 0.408 e. The predicted molar refractivity (Wildman–Crippen MR) is 72.9 cm³/mol. The topological polar surface area (TPSA) is 90.3 Å². The first-order valence-corrected chi connectivity index (χ1v) is 6.13. The van der Waals surface area contributed by atoms with Crippen molar-refractivity contribution in [2.45, 2.75) is 13.3 Å². The van der Waals surface area contributed by atoms with Crippen LogP contribution in [0, 0.1) is 5.92 Å². The number of nitrogens with two attached hydrogens (primary N) is 1. The highest BCUT2D eigenvalue weighted by molar-refractivity contribution is 5.94. The summed E-state index contributed by atoms with van der Waals surface area (Å²) in [6, 6.07) is 5.09. The number of carbonyl (C=O) groups excluding carboxylic acids is 1. The minimum Gasteiger partial charge on any atom is -0.408 e. The molecule has 0 spiro atoms. The molecule has 0 saturated carbocycles. The maximum absolute atomic E-state index is 11.9. The highest BCUT2D eigenvalue weighted by atomic mass is 16.4. The maximum Gasteiger partial charge on any atom is 0.419 e. The summed E-state index contributed by atoms with van der Waals surface area (Å²) in [6.07, 6.45) is 0.637. The number of carbonyl (C=O) groups is 1. The van der Waals surface area contributed by atoms with Crippen LogP contribution in [0.4, 0.5) is 5.69 Å². The fourth-order valence-electron chi connectivity index (χ4n) is 1.85. The molecule has 1 atom stereocenters. The standard InChI is InChI=1S/C13H17N3O3/c1-8(5-6-14)12(17)15-9-3-4-11-10(7-9)16(2)13(18)19-11/h3-4,7-8H,5-6,14H2,1-2H3,(H,15,17). The van der Waals surface area contributed by atoms with Gasteiger partial charge in [-0.2, -0.15) is 0 Å². The Kier molecular flexibility index (Phi) is 3.71. The Labute approximate surface area is 110 Å². The molecule has 0 radical (unpaired) electrons. The summed E-state index contributed by atoms with van der Waals surface area (Å²) in [5.41, 5.74) is 7.21. The van der Waals surface area contributed by atoms with Gasteiger partial charge in [-0.05, 0) is 31.2 Å². The number of amides is 1. The molecule has 3 N–H and O–H groups in total. The van der Waals surface area contributed by atoms with Crippen LogP contribution in [-0.2, 0) is 11.8 Å². The number of aromatic nitrogens is 1. The third-order valence-corrected chi connectivity index (χ3v) is 3.11. The van der Waals surface area contributed by atoms with Gasteiger partial charge in [-0.1, -0.05) is 6.92 Å². The van der Waals surface area contributed by atoms with Crippen LogP contribution < -0.4 is 16.8 Å². The van der Waals surface area contributed by atoms with Gasteiger partial charge in [0, 0.05) is 18.7 Å². The van der Waals surface area contributed by atoms with Crippen molar-refractivity contribution >= 4 is 22.7 Å². The van der Waals surface area contributed by atoms with E-state index in [-0.39, 0.29) is 11.8 Å². The maximum atomic E-state index is 11.9. The van der Waals surface area contributed by atoms with Crippen molar-refractivity contribution in [1.82, 2.24) is 4.57 Å². The Balaban J connectivity index is 2.24. The van der Waals surface area contributed by atoms with Gasteiger partial charge in [0.1, 0.15) is 0 Å². The number of hydrogen-bond acceptors (Lipinski definition) is 4. The molecule has 1 aromatic heterocycles. The first-order chi connectivity index (χ1) is 9.02. The number of nitrogens with one attached hydrogen (secondary N) is 1. The molecular formula is C13H17N3O3. The Morgan fingerprint density at radius 2 is 2.26 bits per heavy atom. The molecule has 1 aromatic carbocycles. The van der Waals surface area contributed by atoms with Gasteiger partial charge in [0.2, 0.25) is 5.91 Å². The van der Waals surface area contributed by atoms with Crippen molar-refractivity contribution in [2.75, 3.05) is 11.9 Å². The summed E-state index contributed by atoms with van der Waals surface area (Å²) in [5.74, 6) is -0.651. The van der Waals surface area contributed by atoms with Gasteiger partial charge < -0.3 is 15.5 Å². The second kappa shape index (κ2) is 5.27. The van der Waals surface area contributed by atoms with Crippen molar-refractivity contribution in [3.8, 4) is 0 Å². The minimum atomic E-state index is -0.421. The zero-order valence-corrected chi connectivity index (χ0v) is 11.0. The van der Waals surface area contributed by atoms with Crippen molar-refractivity contribution in [3.05, 3.63) is 28.7 Å². The number of oxazole rings is 1. The first-order valence-electron chi connectivity index (χ1n) is 6.13. The molecule has 0 aliphatic carbocycles. The van der Waals surface area contributed by atoms with Crippen LogP contribution in [0.25, 0.3) is 11.1 Å². The molecule has 6 nitrogen and oxygen atoms in total.